The van der Waals surface area contributed by atoms with Gasteiger partial charge in [0.1, 0.15) is 6.04 Å². The molecule has 2 aliphatic rings. The second kappa shape index (κ2) is 6.37. The Morgan fingerprint density at radius 3 is 2.63 bits per heavy atom. The highest BCUT2D eigenvalue weighted by molar-refractivity contribution is 5.88. The number of rotatable bonds is 5. The largest absolute Gasteiger partial charge is 0.350 e. The van der Waals surface area contributed by atoms with Crippen molar-refractivity contribution in [2.45, 2.75) is 57.5 Å². The summed E-state index contributed by atoms with van der Waals surface area (Å²) in [6.07, 6.45) is 5.57. The fraction of sp³-hybridized carbons (Fsp3) is 0.857. The van der Waals surface area contributed by atoms with Gasteiger partial charge < -0.3 is 16.0 Å². The van der Waals surface area contributed by atoms with Gasteiger partial charge in [-0.15, -0.1) is 0 Å². The minimum atomic E-state index is -0.283. The van der Waals surface area contributed by atoms with Crippen LogP contribution in [0.15, 0.2) is 0 Å². The topological polar surface area (TPSA) is 75.4 Å². The summed E-state index contributed by atoms with van der Waals surface area (Å²) in [7, 11) is 0. The van der Waals surface area contributed by atoms with Gasteiger partial charge in [-0.25, -0.2) is 0 Å². The van der Waals surface area contributed by atoms with Crippen LogP contribution in [0.4, 0.5) is 0 Å². The van der Waals surface area contributed by atoms with E-state index in [0.717, 1.165) is 32.1 Å². The van der Waals surface area contributed by atoms with Crippen molar-refractivity contribution >= 4 is 11.8 Å². The van der Waals surface area contributed by atoms with E-state index < -0.39 is 0 Å². The number of hydrogen-bond donors (Lipinski definition) is 2. The second-order valence-electron chi connectivity index (χ2n) is 5.64. The van der Waals surface area contributed by atoms with Crippen molar-refractivity contribution in [1.29, 1.82) is 0 Å². The first-order chi connectivity index (χ1) is 9.17. The summed E-state index contributed by atoms with van der Waals surface area (Å²) in [5.41, 5.74) is 5.72. The number of carbonyl (C=O) groups is 2. The molecule has 0 radical (unpaired) electrons. The lowest BCUT2D eigenvalue weighted by atomic mass is 10.00. The van der Waals surface area contributed by atoms with Crippen molar-refractivity contribution in [1.82, 2.24) is 10.2 Å². The van der Waals surface area contributed by atoms with Gasteiger partial charge in [0.05, 0.1) is 0 Å². The van der Waals surface area contributed by atoms with Crippen LogP contribution >= 0.6 is 0 Å². The van der Waals surface area contributed by atoms with E-state index in [0.29, 0.717) is 25.4 Å². The third-order valence-electron chi connectivity index (χ3n) is 4.20. The molecule has 0 aromatic heterocycles. The molecule has 5 heteroatoms. The molecule has 2 fully saturated rings. The number of nitrogens with one attached hydrogen (secondary N) is 1. The van der Waals surface area contributed by atoms with Gasteiger partial charge >= 0.3 is 0 Å². The van der Waals surface area contributed by atoms with Gasteiger partial charge in [-0.1, -0.05) is 6.92 Å². The van der Waals surface area contributed by atoms with E-state index in [1.807, 2.05) is 6.92 Å². The highest BCUT2D eigenvalue weighted by Gasteiger charge is 2.36. The van der Waals surface area contributed by atoms with Gasteiger partial charge in [0.25, 0.3) is 0 Å². The zero-order chi connectivity index (χ0) is 13.8. The molecule has 2 atom stereocenters. The molecule has 19 heavy (non-hydrogen) atoms. The maximum absolute atomic E-state index is 12.4. The van der Waals surface area contributed by atoms with Gasteiger partial charge in [0.2, 0.25) is 11.8 Å². The molecule has 0 bridgehead atoms. The van der Waals surface area contributed by atoms with Crippen LogP contribution < -0.4 is 11.1 Å². The number of carbonyl (C=O) groups excluding carboxylic acids is 2. The number of hydrogen-bond acceptors (Lipinski definition) is 3. The lowest BCUT2D eigenvalue weighted by Gasteiger charge is -2.35. The SMILES string of the molecule is CCC(=O)N1CCCCC1C(=O)NC(CN)C1CC1. The van der Waals surface area contributed by atoms with Crippen molar-refractivity contribution in [3.8, 4) is 0 Å². The summed E-state index contributed by atoms with van der Waals surface area (Å²) in [6.45, 7) is 3.05. The van der Waals surface area contributed by atoms with E-state index >= 15 is 0 Å². The summed E-state index contributed by atoms with van der Waals surface area (Å²) in [5, 5.41) is 3.05. The average Bonchev–Trinajstić information content (AvgIpc) is 3.28. The lowest BCUT2D eigenvalue weighted by molar-refractivity contribution is -0.142. The summed E-state index contributed by atoms with van der Waals surface area (Å²) in [6, 6.07) is -0.193. The highest BCUT2D eigenvalue weighted by Crippen LogP contribution is 2.32. The molecular formula is C14H25N3O2. The Labute approximate surface area is 114 Å². The Morgan fingerprint density at radius 1 is 1.32 bits per heavy atom. The van der Waals surface area contributed by atoms with E-state index in [-0.39, 0.29) is 23.9 Å². The van der Waals surface area contributed by atoms with Crippen molar-refractivity contribution in [3.05, 3.63) is 0 Å². The minimum absolute atomic E-state index is 0.0103. The zero-order valence-corrected chi connectivity index (χ0v) is 11.7. The maximum Gasteiger partial charge on any atom is 0.243 e. The van der Waals surface area contributed by atoms with Crippen LogP contribution in [-0.4, -0.2) is 41.9 Å². The van der Waals surface area contributed by atoms with Gasteiger partial charge in [0, 0.05) is 25.6 Å². The Morgan fingerprint density at radius 2 is 2.05 bits per heavy atom. The van der Waals surface area contributed by atoms with Crippen LogP contribution in [0.3, 0.4) is 0 Å². The minimum Gasteiger partial charge on any atom is -0.350 e. The molecule has 0 aromatic carbocycles. The Hall–Kier alpha value is -1.10. The van der Waals surface area contributed by atoms with Crippen molar-refractivity contribution in [2.75, 3.05) is 13.1 Å². The van der Waals surface area contributed by atoms with E-state index in [2.05, 4.69) is 5.32 Å². The third-order valence-corrected chi connectivity index (χ3v) is 4.20. The van der Waals surface area contributed by atoms with Crippen molar-refractivity contribution < 1.29 is 9.59 Å². The van der Waals surface area contributed by atoms with Gasteiger partial charge in [-0.3, -0.25) is 9.59 Å². The number of likely N-dealkylation sites (tertiary alicyclic amines) is 1. The third kappa shape index (κ3) is 3.47. The quantitative estimate of drug-likeness (QED) is 0.767. The average molecular weight is 267 g/mol. The standard InChI is InChI=1S/C14H25N3O2/c1-2-13(18)17-8-4-3-5-12(17)14(19)16-11(9-15)10-6-7-10/h10-12H,2-9,15H2,1H3,(H,16,19). The summed E-state index contributed by atoms with van der Waals surface area (Å²) in [4.78, 5) is 26.0. The normalized spacial score (nSPS) is 24.9. The fourth-order valence-corrected chi connectivity index (χ4v) is 2.85. The predicted molar refractivity (Wildman–Crippen MR) is 73.4 cm³/mol. The van der Waals surface area contributed by atoms with Gasteiger partial charge in [0.15, 0.2) is 0 Å². The Balaban J connectivity index is 1.96. The van der Waals surface area contributed by atoms with E-state index in [9.17, 15) is 9.59 Å². The summed E-state index contributed by atoms with van der Waals surface area (Å²) < 4.78 is 0. The molecule has 0 aromatic rings. The smallest absolute Gasteiger partial charge is 0.243 e. The molecule has 1 saturated heterocycles. The number of amides is 2. The second-order valence-corrected chi connectivity index (χ2v) is 5.64. The summed E-state index contributed by atoms with van der Waals surface area (Å²) in [5.74, 6) is 0.618. The van der Waals surface area contributed by atoms with Crippen LogP contribution in [-0.2, 0) is 9.59 Å². The van der Waals surface area contributed by atoms with Crippen LogP contribution in [0.2, 0.25) is 0 Å². The van der Waals surface area contributed by atoms with Crippen LogP contribution in [0, 0.1) is 5.92 Å². The molecule has 1 aliphatic carbocycles. The molecule has 1 saturated carbocycles. The highest BCUT2D eigenvalue weighted by atomic mass is 16.2. The molecule has 1 aliphatic heterocycles. The van der Waals surface area contributed by atoms with E-state index in [1.54, 1.807) is 4.90 Å². The van der Waals surface area contributed by atoms with Gasteiger partial charge in [-0.05, 0) is 38.0 Å². The first kappa shape index (κ1) is 14.3. The molecular weight excluding hydrogens is 242 g/mol. The van der Waals surface area contributed by atoms with E-state index in [4.69, 9.17) is 5.73 Å². The number of piperidine rings is 1. The molecule has 108 valence electrons. The Kier molecular flexibility index (Phi) is 4.80. The molecule has 1 heterocycles. The molecule has 2 rings (SSSR count). The summed E-state index contributed by atoms with van der Waals surface area (Å²) >= 11 is 0. The Bertz CT molecular complexity index is 342. The monoisotopic (exact) mass is 267 g/mol. The lowest BCUT2D eigenvalue weighted by Crippen LogP contribution is -2.55. The maximum atomic E-state index is 12.4. The first-order valence-corrected chi connectivity index (χ1v) is 7.47. The van der Waals surface area contributed by atoms with Crippen molar-refractivity contribution in [2.24, 2.45) is 11.7 Å². The molecule has 5 nitrogen and oxygen atoms in total. The first-order valence-electron chi connectivity index (χ1n) is 7.47. The number of nitrogens with zero attached hydrogens (tertiary/aromatic N) is 1. The predicted octanol–water partition coefficient (Wildman–Crippen LogP) is 0.631. The fourth-order valence-electron chi connectivity index (χ4n) is 2.85. The number of nitrogens with two attached hydrogens (primary N) is 1. The van der Waals surface area contributed by atoms with Gasteiger partial charge in [-0.2, -0.15) is 0 Å². The molecule has 3 N–H and O–H groups in total. The van der Waals surface area contributed by atoms with Crippen molar-refractivity contribution in [3.63, 3.8) is 0 Å². The van der Waals surface area contributed by atoms with Crippen LogP contribution in [0.5, 0.6) is 0 Å². The van der Waals surface area contributed by atoms with Crippen LogP contribution in [0.25, 0.3) is 0 Å². The molecule has 0 spiro atoms. The zero-order valence-electron chi connectivity index (χ0n) is 11.7. The van der Waals surface area contributed by atoms with E-state index in [1.165, 1.54) is 0 Å². The van der Waals surface area contributed by atoms with Crippen LogP contribution in [0.1, 0.15) is 45.4 Å². The molecule has 2 amide bonds. The molecule has 2 unspecified atom stereocenters.